The maximum atomic E-state index is 17.2. The fourth-order valence-electron chi connectivity index (χ4n) is 4.11. The minimum atomic E-state index is -4.27. The highest BCUT2D eigenvalue weighted by atomic mass is 32.2. The van der Waals surface area contributed by atoms with Crippen LogP contribution in [0.4, 0.5) is 10.1 Å². The van der Waals surface area contributed by atoms with Crippen LogP contribution in [0.2, 0.25) is 0 Å². The summed E-state index contributed by atoms with van der Waals surface area (Å²) in [6, 6.07) is 19.1. The van der Waals surface area contributed by atoms with E-state index in [1.807, 2.05) is 6.92 Å². The summed E-state index contributed by atoms with van der Waals surface area (Å²) in [4.78, 5) is 14.6. The second-order valence-electron chi connectivity index (χ2n) is 7.91. The summed E-state index contributed by atoms with van der Waals surface area (Å²) in [5, 5.41) is 0.194. The summed E-state index contributed by atoms with van der Waals surface area (Å²) in [5.41, 5.74) is -1.85. The fraction of sp³-hybridized carbons (Fsp3) is 0.120. The van der Waals surface area contributed by atoms with Gasteiger partial charge in [-0.25, -0.2) is 4.39 Å². The number of para-hydroxylation sites is 2. The summed E-state index contributed by atoms with van der Waals surface area (Å²) in [7, 11) is -2.75. The maximum Gasteiger partial charge on any atom is 0.284 e. The molecule has 0 radical (unpaired) electrons. The Kier molecular flexibility index (Phi) is 4.72. The van der Waals surface area contributed by atoms with Gasteiger partial charge in [-0.2, -0.15) is 8.42 Å². The molecule has 166 valence electrons. The Balaban J connectivity index is 1.80. The van der Waals surface area contributed by atoms with Crippen molar-refractivity contribution >= 4 is 32.5 Å². The van der Waals surface area contributed by atoms with E-state index in [4.69, 9.17) is 4.42 Å². The van der Waals surface area contributed by atoms with Gasteiger partial charge in [-0.1, -0.05) is 48.0 Å². The van der Waals surface area contributed by atoms with Gasteiger partial charge in [-0.15, -0.1) is 4.40 Å². The number of rotatable bonds is 3. The number of halogens is 1. The van der Waals surface area contributed by atoms with Crippen molar-refractivity contribution in [1.29, 1.82) is 0 Å². The lowest BCUT2D eigenvalue weighted by Crippen LogP contribution is -2.40. The first-order valence-corrected chi connectivity index (χ1v) is 11.6. The monoisotopic (exact) mass is 462 g/mol. The van der Waals surface area contributed by atoms with Gasteiger partial charge in [0.15, 0.2) is 11.3 Å². The Hall–Kier alpha value is -3.78. The third-order valence-electron chi connectivity index (χ3n) is 5.84. The number of hydrogen-bond donors (Lipinski definition) is 0. The van der Waals surface area contributed by atoms with Crippen molar-refractivity contribution in [2.75, 3.05) is 11.9 Å². The number of sulfonamides is 1. The van der Waals surface area contributed by atoms with Gasteiger partial charge >= 0.3 is 0 Å². The number of likely N-dealkylation sites (N-methyl/N-ethyl adjacent to an activating group) is 1. The molecule has 2 heterocycles. The van der Waals surface area contributed by atoms with Gasteiger partial charge in [0.1, 0.15) is 11.8 Å². The van der Waals surface area contributed by atoms with Gasteiger partial charge in [-0.05, 0) is 37.3 Å². The van der Waals surface area contributed by atoms with Crippen LogP contribution in [0.25, 0.3) is 11.0 Å². The zero-order valence-electron chi connectivity index (χ0n) is 17.8. The Bertz CT molecular complexity index is 1590. The van der Waals surface area contributed by atoms with Crippen LogP contribution in [0.1, 0.15) is 16.7 Å². The number of amidine groups is 1. The second kappa shape index (κ2) is 7.38. The molecule has 0 amide bonds. The van der Waals surface area contributed by atoms with E-state index in [2.05, 4.69) is 4.40 Å². The van der Waals surface area contributed by atoms with Crippen molar-refractivity contribution in [2.24, 2.45) is 4.40 Å². The van der Waals surface area contributed by atoms with Gasteiger partial charge in [0.2, 0.25) is 5.67 Å². The van der Waals surface area contributed by atoms with Crippen LogP contribution in [-0.4, -0.2) is 21.3 Å². The van der Waals surface area contributed by atoms with Crippen molar-refractivity contribution in [3.8, 4) is 0 Å². The zero-order chi connectivity index (χ0) is 23.4. The normalized spacial score (nSPS) is 19.2. The van der Waals surface area contributed by atoms with E-state index in [1.165, 1.54) is 30.1 Å². The van der Waals surface area contributed by atoms with Crippen LogP contribution < -0.4 is 10.3 Å². The molecule has 0 unspecified atom stereocenters. The predicted octanol–water partition coefficient (Wildman–Crippen LogP) is 4.55. The summed E-state index contributed by atoms with van der Waals surface area (Å²) in [6.45, 7) is 1.83. The Morgan fingerprint density at radius 1 is 0.939 bits per heavy atom. The van der Waals surface area contributed by atoms with Crippen LogP contribution in [0.3, 0.4) is 0 Å². The molecule has 0 bridgehead atoms. The van der Waals surface area contributed by atoms with Crippen molar-refractivity contribution in [3.63, 3.8) is 0 Å². The average molecular weight is 463 g/mol. The predicted molar refractivity (Wildman–Crippen MR) is 125 cm³/mol. The van der Waals surface area contributed by atoms with E-state index in [1.54, 1.807) is 54.6 Å². The van der Waals surface area contributed by atoms with E-state index >= 15 is 4.39 Å². The molecule has 1 aliphatic heterocycles. The quantitative estimate of drug-likeness (QED) is 0.446. The molecule has 1 aromatic heterocycles. The summed E-state index contributed by atoms with van der Waals surface area (Å²) in [6.07, 6.45) is 1.05. The molecular weight excluding hydrogens is 443 g/mol. The molecule has 3 aromatic carbocycles. The number of hydrogen-bond acceptors (Lipinski definition) is 4. The highest BCUT2D eigenvalue weighted by molar-refractivity contribution is 7.90. The molecular formula is C25H19FN2O4S. The van der Waals surface area contributed by atoms with E-state index in [0.717, 1.165) is 11.8 Å². The van der Waals surface area contributed by atoms with Crippen LogP contribution in [-0.2, 0) is 15.7 Å². The number of fused-ring (bicyclic) bond motifs is 2. The van der Waals surface area contributed by atoms with Crippen LogP contribution in [0, 0.1) is 6.92 Å². The largest absolute Gasteiger partial charge is 0.464 e. The van der Waals surface area contributed by atoms with Crippen molar-refractivity contribution < 1.29 is 17.2 Å². The molecule has 5 rings (SSSR count). The van der Waals surface area contributed by atoms with Gasteiger partial charge in [-0.3, -0.25) is 4.79 Å². The van der Waals surface area contributed by atoms with Crippen LogP contribution in [0.5, 0.6) is 0 Å². The Morgan fingerprint density at radius 2 is 1.61 bits per heavy atom. The highest BCUT2D eigenvalue weighted by Crippen LogP contribution is 2.47. The molecule has 1 atom stereocenters. The number of anilines is 1. The van der Waals surface area contributed by atoms with E-state index in [0.29, 0.717) is 11.3 Å². The van der Waals surface area contributed by atoms with Gasteiger partial charge < -0.3 is 9.32 Å². The smallest absolute Gasteiger partial charge is 0.284 e. The SMILES string of the molecule is Cc1ccc(S(=O)(=O)/N=C2/N(C)c3ccccc3[C@]2(F)c2coc3ccccc3c2=O)cc1. The lowest BCUT2D eigenvalue weighted by atomic mass is 9.89. The third kappa shape index (κ3) is 3.17. The number of aryl methyl sites for hydroxylation is 1. The first kappa shape index (κ1) is 21.1. The molecule has 33 heavy (non-hydrogen) atoms. The maximum absolute atomic E-state index is 17.2. The summed E-state index contributed by atoms with van der Waals surface area (Å²) in [5.74, 6) is -0.424. The highest BCUT2D eigenvalue weighted by Gasteiger charge is 2.53. The minimum absolute atomic E-state index is 0.0714. The number of benzene rings is 3. The molecule has 6 nitrogen and oxygen atoms in total. The number of alkyl halides is 1. The second-order valence-corrected chi connectivity index (χ2v) is 9.52. The minimum Gasteiger partial charge on any atom is -0.464 e. The molecule has 4 aromatic rings. The van der Waals surface area contributed by atoms with Gasteiger partial charge in [0.25, 0.3) is 10.0 Å². The van der Waals surface area contributed by atoms with E-state index < -0.39 is 27.0 Å². The lowest BCUT2D eigenvalue weighted by Gasteiger charge is -2.22. The molecule has 0 saturated heterocycles. The topological polar surface area (TPSA) is 80.0 Å². The standard InChI is InChI=1S/C25H19FN2O4S/c1-16-11-13-17(14-12-16)33(30,31)27-24-25(26,19-8-4-5-9-21(19)28(24)2)20-15-32-22-10-6-3-7-18(22)23(20)29/h3-15H,1-2H3/b27-24+/t25-/m0/s1. The fourth-order valence-corrected chi connectivity index (χ4v) is 5.17. The summed E-state index contributed by atoms with van der Waals surface area (Å²) < 4.78 is 52.9. The molecule has 0 aliphatic carbocycles. The molecule has 0 spiro atoms. The summed E-state index contributed by atoms with van der Waals surface area (Å²) >= 11 is 0. The lowest BCUT2D eigenvalue weighted by molar-refractivity contribution is 0.318. The van der Waals surface area contributed by atoms with Gasteiger partial charge in [0, 0.05) is 18.3 Å². The van der Waals surface area contributed by atoms with Crippen molar-refractivity contribution in [2.45, 2.75) is 17.5 Å². The van der Waals surface area contributed by atoms with E-state index in [9.17, 15) is 13.2 Å². The molecule has 1 aliphatic rings. The van der Waals surface area contributed by atoms with E-state index in [-0.39, 0.29) is 21.4 Å². The average Bonchev–Trinajstić information content (AvgIpc) is 3.02. The first-order valence-electron chi connectivity index (χ1n) is 10.2. The van der Waals surface area contributed by atoms with Crippen molar-refractivity contribution in [1.82, 2.24) is 0 Å². The number of nitrogens with zero attached hydrogens (tertiary/aromatic N) is 2. The molecule has 8 heteroatoms. The molecule has 0 saturated carbocycles. The molecule has 0 N–H and O–H groups in total. The molecule has 0 fully saturated rings. The van der Waals surface area contributed by atoms with Crippen LogP contribution >= 0.6 is 0 Å². The zero-order valence-corrected chi connectivity index (χ0v) is 18.6. The van der Waals surface area contributed by atoms with Crippen molar-refractivity contribution in [3.05, 3.63) is 106 Å². The first-order chi connectivity index (χ1) is 15.7. The van der Waals surface area contributed by atoms with Gasteiger partial charge in [0.05, 0.1) is 15.8 Å². The third-order valence-corrected chi connectivity index (χ3v) is 7.12. The van der Waals surface area contributed by atoms with Crippen LogP contribution in [0.15, 0.2) is 97.6 Å². The Morgan fingerprint density at radius 3 is 2.36 bits per heavy atom. The Labute approximate surface area is 189 Å².